The summed E-state index contributed by atoms with van der Waals surface area (Å²) in [5.74, 6) is 1.32. The van der Waals surface area contributed by atoms with Crippen molar-refractivity contribution in [1.29, 1.82) is 0 Å². The van der Waals surface area contributed by atoms with Gasteiger partial charge in [-0.2, -0.15) is 0 Å². The van der Waals surface area contributed by atoms with Crippen molar-refractivity contribution in [2.45, 2.75) is 33.6 Å². The lowest BCUT2D eigenvalue weighted by Gasteiger charge is -2.13. The first kappa shape index (κ1) is 20.3. The Morgan fingerprint density at radius 3 is 2.69 bits per heavy atom. The third-order valence-electron chi connectivity index (χ3n) is 4.33. The fraction of sp³-hybridized carbons (Fsp3) is 0.333. The van der Waals surface area contributed by atoms with E-state index in [4.69, 9.17) is 9.47 Å². The maximum Gasteiger partial charge on any atom is 0.357 e. The van der Waals surface area contributed by atoms with Crippen molar-refractivity contribution in [3.05, 3.63) is 47.5 Å². The minimum absolute atomic E-state index is 0.0968. The minimum atomic E-state index is -0.456. The minimum Gasteiger partial charge on any atom is -0.496 e. The van der Waals surface area contributed by atoms with Gasteiger partial charge in [-0.05, 0) is 31.9 Å². The first-order valence-electron chi connectivity index (χ1n) is 9.44. The number of esters is 1. The number of aryl methyl sites for hydroxylation is 1. The van der Waals surface area contributed by atoms with E-state index in [1.807, 2.05) is 45.2 Å². The number of hydrogen-bond donors (Lipinski definition) is 2. The van der Waals surface area contributed by atoms with Gasteiger partial charge in [-0.3, -0.25) is 0 Å². The molecule has 3 aromatic rings. The van der Waals surface area contributed by atoms with Crippen LogP contribution in [0.4, 0.5) is 11.6 Å². The van der Waals surface area contributed by atoms with E-state index in [1.165, 1.54) is 0 Å². The summed E-state index contributed by atoms with van der Waals surface area (Å²) in [6.07, 6.45) is 3.49. The number of nitrogens with zero attached hydrogens (tertiary/aromatic N) is 3. The zero-order valence-corrected chi connectivity index (χ0v) is 17.2. The molecule has 2 aromatic heterocycles. The highest BCUT2D eigenvalue weighted by molar-refractivity contribution is 5.89. The largest absolute Gasteiger partial charge is 0.496 e. The molecule has 152 valence electrons. The quantitative estimate of drug-likeness (QED) is 0.577. The summed E-state index contributed by atoms with van der Waals surface area (Å²) in [5, 5.41) is 3.13. The van der Waals surface area contributed by atoms with Crippen LogP contribution in [0.2, 0.25) is 0 Å². The number of ether oxygens (including phenoxy) is 2. The molecule has 0 radical (unpaired) electrons. The lowest BCUT2D eigenvalue weighted by atomic mass is 10.0. The predicted octanol–water partition coefficient (Wildman–Crippen LogP) is 4.23. The lowest BCUT2D eigenvalue weighted by Crippen LogP contribution is -2.14. The molecule has 0 fully saturated rings. The van der Waals surface area contributed by atoms with Gasteiger partial charge in [0.05, 0.1) is 25.0 Å². The molecule has 0 bridgehead atoms. The summed E-state index contributed by atoms with van der Waals surface area (Å²) in [6, 6.07) is 5.60. The normalized spacial score (nSPS) is 10.8. The Morgan fingerprint density at radius 2 is 2.07 bits per heavy atom. The number of aromatic amines is 1. The summed E-state index contributed by atoms with van der Waals surface area (Å²) >= 11 is 0. The van der Waals surface area contributed by atoms with E-state index < -0.39 is 5.97 Å². The van der Waals surface area contributed by atoms with Gasteiger partial charge >= 0.3 is 5.97 Å². The van der Waals surface area contributed by atoms with Gasteiger partial charge < -0.3 is 19.8 Å². The molecule has 0 saturated heterocycles. The topological polar surface area (TPSA) is 102 Å². The Balaban J connectivity index is 1.91. The molecule has 0 saturated carbocycles. The van der Waals surface area contributed by atoms with E-state index in [1.54, 1.807) is 20.2 Å². The summed E-state index contributed by atoms with van der Waals surface area (Å²) in [6.45, 7) is 7.93. The maximum absolute atomic E-state index is 12.3. The van der Waals surface area contributed by atoms with E-state index >= 15 is 0 Å². The van der Waals surface area contributed by atoms with E-state index in [0.29, 0.717) is 11.7 Å². The number of methoxy groups -OCH3 is 1. The molecule has 0 aliphatic heterocycles. The third-order valence-corrected chi connectivity index (χ3v) is 4.33. The van der Waals surface area contributed by atoms with Crippen LogP contribution in [0.5, 0.6) is 5.75 Å². The number of carbonyl (C=O) groups is 1. The van der Waals surface area contributed by atoms with Gasteiger partial charge in [0.2, 0.25) is 5.95 Å². The molecular formula is C21H25N5O3. The van der Waals surface area contributed by atoms with Crippen LogP contribution in [-0.2, 0) is 4.74 Å². The molecule has 0 spiro atoms. The number of H-pyrrole nitrogens is 1. The standard InChI is InChI=1S/C21H25N5O3/c1-6-29-20(27)18-16(12(2)3)11-23-21(26-18)25-14-7-8-15(17(9-14)28-5)19-22-10-13(4)24-19/h7-12H,6H2,1-5H3,(H,22,24)(H,23,25,26). The van der Waals surface area contributed by atoms with E-state index in [2.05, 4.69) is 25.3 Å². The second-order valence-electron chi connectivity index (χ2n) is 6.80. The molecule has 1 aromatic carbocycles. The second kappa shape index (κ2) is 8.72. The van der Waals surface area contributed by atoms with E-state index in [0.717, 1.165) is 28.3 Å². The van der Waals surface area contributed by atoms with Crippen LogP contribution in [0.1, 0.15) is 48.4 Å². The Bertz CT molecular complexity index is 1010. The van der Waals surface area contributed by atoms with Gasteiger partial charge in [0.15, 0.2) is 5.69 Å². The summed E-state index contributed by atoms with van der Waals surface area (Å²) in [5.41, 5.74) is 3.48. The first-order valence-corrected chi connectivity index (χ1v) is 9.44. The van der Waals surface area contributed by atoms with Crippen molar-refractivity contribution in [3.63, 3.8) is 0 Å². The van der Waals surface area contributed by atoms with Crippen molar-refractivity contribution in [3.8, 4) is 17.1 Å². The number of anilines is 2. The molecule has 2 heterocycles. The van der Waals surface area contributed by atoms with Crippen molar-refractivity contribution in [1.82, 2.24) is 19.9 Å². The molecule has 8 heteroatoms. The summed E-state index contributed by atoms with van der Waals surface area (Å²) in [4.78, 5) is 28.6. The highest BCUT2D eigenvalue weighted by Crippen LogP contribution is 2.31. The van der Waals surface area contributed by atoms with E-state index in [9.17, 15) is 4.79 Å². The average Bonchev–Trinajstić information content (AvgIpc) is 3.14. The predicted molar refractivity (Wildman–Crippen MR) is 111 cm³/mol. The van der Waals surface area contributed by atoms with Gasteiger partial charge in [-0.1, -0.05) is 13.8 Å². The number of benzene rings is 1. The molecular weight excluding hydrogens is 370 g/mol. The van der Waals surface area contributed by atoms with Gasteiger partial charge in [-0.15, -0.1) is 0 Å². The number of rotatable bonds is 7. The first-order chi connectivity index (χ1) is 13.9. The van der Waals surface area contributed by atoms with Crippen LogP contribution in [0.15, 0.2) is 30.6 Å². The van der Waals surface area contributed by atoms with E-state index in [-0.39, 0.29) is 18.2 Å². The Morgan fingerprint density at radius 1 is 1.28 bits per heavy atom. The summed E-state index contributed by atoms with van der Waals surface area (Å²) < 4.78 is 10.7. The molecule has 3 rings (SSSR count). The van der Waals surface area contributed by atoms with Gasteiger partial charge in [0, 0.05) is 29.7 Å². The SMILES string of the molecule is CCOC(=O)c1nc(Nc2ccc(-c3nc(C)c[nH]3)c(OC)c2)ncc1C(C)C. The zero-order valence-electron chi connectivity index (χ0n) is 17.2. The van der Waals surface area contributed by atoms with Crippen LogP contribution in [0, 0.1) is 6.92 Å². The summed E-state index contributed by atoms with van der Waals surface area (Å²) in [7, 11) is 1.60. The molecule has 0 aliphatic carbocycles. The molecule has 0 unspecified atom stereocenters. The Labute approximate surface area is 169 Å². The maximum atomic E-state index is 12.3. The number of imidazole rings is 1. The highest BCUT2D eigenvalue weighted by atomic mass is 16.5. The average molecular weight is 395 g/mol. The van der Waals surface area contributed by atoms with Crippen LogP contribution < -0.4 is 10.1 Å². The monoisotopic (exact) mass is 395 g/mol. The second-order valence-corrected chi connectivity index (χ2v) is 6.80. The molecule has 29 heavy (non-hydrogen) atoms. The number of nitrogens with one attached hydrogen (secondary N) is 2. The van der Waals surface area contributed by atoms with Crippen molar-refractivity contribution in [2.75, 3.05) is 19.0 Å². The van der Waals surface area contributed by atoms with Crippen molar-refractivity contribution < 1.29 is 14.3 Å². The number of carbonyl (C=O) groups excluding carboxylic acids is 1. The van der Waals surface area contributed by atoms with Crippen LogP contribution >= 0.6 is 0 Å². The highest BCUT2D eigenvalue weighted by Gasteiger charge is 2.19. The molecule has 8 nitrogen and oxygen atoms in total. The number of aromatic nitrogens is 4. The zero-order chi connectivity index (χ0) is 21.0. The molecule has 0 atom stereocenters. The van der Waals surface area contributed by atoms with Crippen molar-refractivity contribution >= 4 is 17.6 Å². The Kier molecular flexibility index (Phi) is 6.11. The third kappa shape index (κ3) is 4.53. The fourth-order valence-electron chi connectivity index (χ4n) is 2.88. The smallest absolute Gasteiger partial charge is 0.357 e. The van der Waals surface area contributed by atoms with Gasteiger partial charge in [0.1, 0.15) is 11.6 Å². The van der Waals surface area contributed by atoms with Gasteiger partial charge in [0.25, 0.3) is 0 Å². The molecule has 0 amide bonds. The van der Waals surface area contributed by atoms with Gasteiger partial charge in [-0.25, -0.2) is 19.7 Å². The molecule has 0 aliphatic rings. The van der Waals surface area contributed by atoms with Crippen LogP contribution in [-0.4, -0.2) is 39.6 Å². The lowest BCUT2D eigenvalue weighted by molar-refractivity contribution is 0.0517. The fourth-order valence-corrected chi connectivity index (χ4v) is 2.88. The van der Waals surface area contributed by atoms with Crippen LogP contribution in [0.3, 0.4) is 0 Å². The van der Waals surface area contributed by atoms with Crippen molar-refractivity contribution in [2.24, 2.45) is 0 Å². The number of hydrogen-bond acceptors (Lipinski definition) is 7. The molecule has 2 N–H and O–H groups in total. The Hall–Kier alpha value is -3.42. The van der Waals surface area contributed by atoms with Crippen LogP contribution in [0.25, 0.3) is 11.4 Å².